The summed E-state index contributed by atoms with van der Waals surface area (Å²) in [5.74, 6) is 0. The highest BCUT2D eigenvalue weighted by Crippen LogP contribution is 2.12. The third-order valence-corrected chi connectivity index (χ3v) is 5.96. The van der Waals surface area contributed by atoms with Crippen molar-refractivity contribution < 1.29 is 8.42 Å². The summed E-state index contributed by atoms with van der Waals surface area (Å²) in [7, 11) is 0.871. The molecule has 0 aromatic heterocycles. The molecule has 2 aliphatic rings. The Bertz CT molecular complexity index is 387. The first kappa shape index (κ1) is 16.1. The van der Waals surface area contributed by atoms with Crippen molar-refractivity contribution >= 4 is 10.2 Å². The third-order valence-electron chi connectivity index (χ3n) is 3.92. The van der Waals surface area contributed by atoms with E-state index in [2.05, 4.69) is 29.2 Å². The van der Waals surface area contributed by atoms with Crippen molar-refractivity contribution in [1.82, 2.24) is 23.7 Å². The standard InChI is InChI=1S/C12H27N5O2S/c1-14(2)7-8-15-9-11-17(12-10-15)20(18,19)16-5-3-13-4-6-16/h13H,3-12H2,1-2H3. The van der Waals surface area contributed by atoms with Crippen LogP contribution in [0.15, 0.2) is 0 Å². The molecule has 0 unspecified atom stereocenters. The van der Waals surface area contributed by atoms with Gasteiger partial charge in [0.05, 0.1) is 0 Å². The van der Waals surface area contributed by atoms with Crippen molar-refractivity contribution in [2.24, 2.45) is 0 Å². The molecule has 2 saturated heterocycles. The molecule has 7 nitrogen and oxygen atoms in total. The maximum absolute atomic E-state index is 12.5. The van der Waals surface area contributed by atoms with Crippen LogP contribution >= 0.6 is 0 Å². The van der Waals surface area contributed by atoms with Crippen LogP contribution < -0.4 is 5.32 Å². The molecule has 0 bridgehead atoms. The lowest BCUT2D eigenvalue weighted by Gasteiger charge is -2.38. The van der Waals surface area contributed by atoms with E-state index in [0.717, 1.165) is 39.3 Å². The Kier molecular flexibility index (Phi) is 5.76. The quantitative estimate of drug-likeness (QED) is 0.657. The number of likely N-dealkylation sites (N-methyl/N-ethyl adjacent to an activating group) is 1. The summed E-state index contributed by atoms with van der Waals surface area (Å²) in [6.07, 6.45) is 0. The van der Waals surface area contributed by atoms with Crippen LogP contribution in [0.1, 0.15) is 0 Å². The fourth-order valence-corrected chi connectivity index (χ4v) is 4.16. The van der Waals surface area contributed by atoms with Crippen LogP contribution in [0.2, 0.25) is 0 Å². The monoisotopic (exact) mass is 305 g/mol. The summed E-state index contributed by atoms with van der Waals surface area (Å²) in [6, 6.07) is 0. The van der Waals surface area contributed by atoms with Crippen molar-refractivity contribution in [2.45, 2.75) is 0 Å². The molecule has 0 amide bonds. The Morgan fingerprint density at radius 1 is 0.950 bits per heavy atom. The van der Waals surface area contributed by atoms with Crippen molar-refractivity contribution in [3.63, 3.8) is 0 Å². The van der Waals surface area contributed by atoms with E-state index in [1.165, 1.54) is 0 Å². The lowest BCUT2D eigenvalue weighted by atomic mass is 10.3. The van der Waals surface area contributed by atoms with Crippen LogP contribution in [0.4, 0.5) is 0 Å². The third kappa shape index (κ3) is 4.12. The fourth-order valence-electron chi connectivity index (χ4n) is 2.56. The molecular formula is C12H27N5O2S. The molecule has 0 aliphatic carbocycles. The number of piperazine rings is 2. The largest absolute Gasteiger partial charge is 0.314 e. The SMILES string of the molecule is CN(C)CCN1CCN(S(=O)(=O)N2CCNCC2)CC1. The van der Waals surface area contributed by atoms with Crippen molar-refractivity contribution in [3.05, 3.63) is 0 Å². The Balaban J connectivity index is 1.83. The first-order valence-electron chi connectivity index (χ1n) is 7.33. The molecule has 118 valence electrons. The number of hydrogen-bond acceptors (Lipinski definition) is 5. The van der Waals surface area contributed by atoms with Crippen LogP contribution in [0.5, 0.6) is 0 Å². The van der Waals surface area contributed by atoms with E-state index >= 15 is 0 Å². The van der Waals surface area contributed by atoms with E-state index in [1.54, 1.807) is 8.61 Å². The van der Waals surface area contributed by atoms with Crippen molar-refractivity contribution in [3.8, 4) is 0 Å². The first-order valence-corrected chi connectivity index (χ1v) is 8.73. The highest BCUT2D eigenvalue weighted by Gasteiger charge is 2.32. The second kappa shape index (κ2) is 7.15. The van der Waals surface area contributed by atoms with Gasteiger partial charge in [0.25, 0.3) is 10.2 Å². The molecule has 1 N–H and O–H groups in total. The summed E-state index contributed by atoms with van der Waals surface area (Å²) in [5.41, 5.74) is 0. The topological polar surface area (TPSA) is 59.1 Å². The Hall–Kier alpha value is -0.250. The predicted octanol–water partition coefficient (Wildman–Crippen LogP) is -1.68. The van der Waals surface area contributed by atoms with E-state index in [-0.39, 0.29) is 0 Å². The van der Waals surface area contributed by atoms with Crippen LogP contribution in [0.3, 0.4) is 0 Å². The summed E-state index contributed by atoms with van der Waals surface area (Å²) < 4.78 is 28.3. The van der Waals surface area contributed by atoms with Gasteiger partial charge in [-0.1, -0.05) is 0 Å². The Morgan fingerprint density at radius 3 is 2.05 bits per heavy atom. The van der Waals surface area contributed by atoms with Gasteiger partial charge in [-0.05, 0) is 14.1 Å². The van der Waals surface area contributed by atoms with Gasteiger partial charge in [-0.15, -0.1) is 0 Å². The number of nitrogens with zero attached hydrogens (tertiary/aromatic N) is 4. The first-order chi connectivity index (χ1) is 9.50. The number of nitrogens with one attached hydrogen (secondary N) is 1. The average molecular weight is 305 g/mol. The molecule has 0 radical (unpaired) electrons. The Labute approximate surface area is 122 Å². The smallest absolute Gasteiger partial charge is 0.282 e. The molecular weight excluding hydrogens is 278 g/mol. The minimum atomic E-state index is -3.25. The van der Waals surface area contributed by atoms with Crippen LogP contribution in [0, 0.1) is 0 Å². The minimum Gasteiger partial charge on any atom is -0.314 e. The lowest BCUT2D eigenvalue weighted by Crippen LogP contribution is -2.56. The van der Waals surface area contributed by atoms with Gasteiger partial charge < -0.3 is 10.2 Å². The lowest BCUT2D eigenvalue weighted by molar-refractivity contribution is 0.168. The van der Waals surface area contributed by atoms with Crippen molar-refractivity contribution in [2.75, 3.05) is 79.5 Å². The molecule has 2 aliphatic heterocycles. The summed E-state index contributed by atoms with van der Waals surface area (Å²) in [6.45, 7) is 7.59. The highest BCUT2D eigenvalue weighted by atomic mass is 32.2. The van der Waals surface area contributed by atoms with Crippen LogP contribution in [-0.4, -0.2) is 106 Å². The molecule has 20 heavy (non-hydrogen) atoms. The van der Waals surface area contributed by atoms with E-state index in [9.17, 15) is 8.42 Å². The van der Waals surface area contributed by atoms with Gasteiger partial charge in [-0.2, -0.15) is 17.0 Å². The van der Waals surface area contributed by atoms with Gasteiger partial charge in [0.2, 0.25) is 0 Å². The zero-order valence-electron chi connectivity index (χ0n) is 12.6. The summed E-state index contributed by atoms with van der Waals surface area (Å²) in [5, 5.41) is 3.19. The second-order valence-corrected chi connectivity index (χ2v) is 7.63. The Morgan fingerprint density at radius 2 is 1.50 bits per heavy atom. The van der Waals surface area contributed by atoms with E-state index in [4.69, 9.17) is 0 Å². The molecule has 2 rings (SSSR count). The average Bonchev–Trinajstić information content (AvgIpc) is 2.46. The van der Waals surface area contributed by atoms with Crippen LogP contribution in [-0.2, 0) is 10.2 Å². The molecule has 0 aromatic carbocycles. The van der Waals surface area contributed by atoms with Gasteiger partial charge in [-0.25, -0.2) is 0 Å². The van der Waals surface area contributed by atoms with E-state index < -0.39 is 10.2 Å². The molecule has 8 heteroatoms. The summed E-state index contributed by atoms with van der Waals surface area (Å²) >= 11 is 0. The molecule has 0 saturated carbocycles. The van der Waals surface area contributed by atoms with Gasteiger partial charge in [0.1, 0.15) is 0 Å². The van der Waals surface area contributed by atoms with Crippen LogP contribution in [0.25, 0.3) is 0 Å². The molecule has 0 atom stereocenters. The second-order valence-electron chi connectivity index (χ2n) is 5.70. The van der Waals surface area contributed by atoms with Crippen molar-refractivity contribution in [1.29, 1.82) is 0 Å². The fraction of sp³-hybridized carbons (Fsp3) is 1.00. The van der Waals surface area contributed by atoms with E-state index in [0.29, 0.717) is 26.2 Å². The maximum Gasteiger partial charge on any atom is 0.282 e. The minimum absolute atomic E-state index is 0.586. The highest BCUT2D eigenvalue weighted by molar-refractivity contribution is 7.86. The van der Waals surface area contributed by atoms with Gasteiger partial charge in [0, 0.05) is 65.4 Å². The zero-order chi connectivity index (χ0) is 14.6. The predicted molar refractivity (Wildman–Crippen MR) is 79.9 cm³/mol. The summed E-state index contributed by atoms with van der Waals surface area (Å²) in [4.78, 5) is 4.49. The molecule has 2 heterocycles. The zero-order valence-corrected chi connectivity index (χ0v) is 13.4. The molecule has 0 spiro atoms. The molecule has 0 aromatic rings. The maximum atomic E-state index is 12.5. The van der Waals surface area contributed by atoms with Gasteiger partial charge >= 0.3 is 0 Å². The number of rotatable bonds is 5. The number of hydrogen-bond donors (Lipinski definition) is 1. The normalized spacial score (nSPS) is 24.4. The van der Waals surface area contributed by atoms with Gasteiger partial charge in [0.15, 0.2) is 0 Å². The molecule has 2 fully saturated rings. The van der Waals surface area contributed by atoms with E-state index in [1.807, 2.05) is 0 Å². The van der Waals surface area contributed by atoms with Gasteiger partial charge in [-0.3, -0.25) is 4.90 Å².